The molecule has 0 aliphatic heterocycles. The van der Waals surface area contributed by atoms with Gasteiger partial charge in [0, 0.05) is 6.61 Å². The molecule has 20 heavy (non-hydrogen) atoms. The van der Waals surface area contributed by atoms with Gasteiger partial charge in [0.2, 0.25) is 0 Å². The van der Waals surface area contributed by atoms with Crippen LogP contribution in [-0.2, 0) is 14.6 Å². The Morgan fingerprint density at radius 1 is 1.20 bits per heavy atom. The standard InChI is InChI=1S/C14H20O5S/c1-11(2)7-8-19-9-10-20(17,18)13-5-3-12(4-6-13)14(15)16/h3-6,11H,7-10H2,1-2H3,(H,15,16). The van der Waals surface area contributed by atoms with Crippen LogP contribution in [0.3, 0.4) is 0 Å². The van der Waals surface area contributed by atoms with Gasteiger partial charge in [0.25, 0.3) is 0 Å². The van der Waals surface area contributed by atoms with Crippen LogP contribution in [0.2, 0.25) is 0 Å². The average Bonchev–Trinajstić information content (AvgIpc) is 2.38. The fourth-order valence-corrected chi connectivity index (χ4v) is 2.64. The lowest BCUT2D eigenvalue weighted by molar-refractivity contribution is 0.0696. The van der Waals surface area contributed by atoms with E-state index >= 15 is 0 Å². The van der Waals surface area contributed by atoms with E-state index in [2.05, 4.69) is 13.8 Å². The highest BCUT2D eigenvalue weighted by Crippen LogP contribution is 2.12. The Hall–Kier alpha value is -1.40. The molecule has 1 aromatic carbocycles. The predicted octanol–water partition coefficient (Wildman–Crippen LogP) is 2.22. The Labute approximate surface area is 119 Å². The first-order valence-electron chi connectivity index (χ1n) is 6.47. The van der Waals surface area contributed by atoms with Gasteiger partial charge in [-0.05, 0) is 36.6 Å². The Morgan fingerprint density at radius 3 is 2.30 bits per heavy atom. The van der Waals surface area contributed by atoms with Crippen LogP contribution < -0.4 is 0 Å². The van der Waals surface area contributed by atoms with Crippen molar-refractivity contribution in [3.05, 3.63) is 29.8 Å². The zero-order valence-electron chi connectivity index (χ0n) is 11.7. The number of carboxylic acids is 1. The monoisotopic (exact) mass is 300 g/mol. The molecular weight excluding hydrogens is 280 g/mol. The molecule has 0 aliphatic rings. The van der Waals surface area contributed by atoms with E-state index in [0.717, 1.165) is 6.42 Å². The number of benzene rings is 1. The third-order valence-electron chi connectivity index (χ3n) is 2.80. The van der Waals surface area contributed by atoms with Gasteiger partial charge in [-0.2, -0.15) is 0 Å². The van der Waals surface area contributed by atoms with E-state index in [-0.39, 0.29) is 22.8 Å². The van der Waals surface area contributed by atoms with Gasteiger partial charge in [-0.1, -0.05) is 13.8 Å². The third-order valence-corrected chi connectivity index (χ3v) is 4.49. The molecule has 0 fully saturated rings. The number of carbonyl (C=O) groups is 1. The van der Waals surface area contributed by atoms with Crippen LogP contribution in [-0.4, -0.2) is 38.5 Å². The topological polar surface area (TPSA) is 80.7 Å². The molecule has 1 N–H and O–H groups in total. The van der Waals surface area contributed by atoms with Gasteiger partial charge in [-0.25, -0.2) is 13.2 Å². The normalized spacial score (nSPS) is 11.8. The molecule has 0 atom stereocenters. The van der Waals surface area contributed by atoms with E-state index in [1.54, 1.807) is 0 Å². The smallest absolute Gasteiger partial charge is 0.335 e. The summed E-state index contributed by atoms with van der Waals surface area (Å²) in [5, 5.41) is 8.75. The van der Waals surface area contributed by atoms with Crippen LogP contribution in [0.5, 0.6) is 0 Å². The number of hydrogen-bond donors (Lipinski definition) is 1. The lowest BCUT2D eigenvalue weighted by atomic mass is 10.1. The molecule has 0 saturated carbocycles. The van der Waals surface area contributed by atoms with Crippen molar-refractivity contribution in [2.45, 2.75) is 25.2 Å². The van der Waals surface area contributed by atoms with E-state index < -0.39 is 15.8 Å². The van der Waals surface area contributed by atoms with Gasteiger partial charge in [0.15, 0.2) is 9.84 Å². The molecule has 0 aliphatic carbocycles. The first kappa shape index (κ1) is 16.7. The second-order valence-corrected chi connectivity index (χ2v) is 7.05. The third kappa shape index (κ3) is 5.30. The zero-order valence-corrected chi connectivity index (χ0v) is 12.5. The lowest BCUT2D eigenvalue weighted by Gasteiger charge is -2.07. The maximum absolute atomic E-state index is 12.0. The number of rotatable bonds is 8. The number of sulfone groups is 1. The summed E-state index contributed by atoms with van der Waals surface area (Å²) >= 11 is 0. The first-order chi connectivity index (χ1) is 9.33. The molecular formula is C14H20O5S. The summed E-state index contributed by atoms with van der Waals surface area (Å²) in [6, 6.07) is 5.20. The molecule has 0 bridgehead atoms. The van der Waals surface area contributed by atoms with Crippen LogP contribution in [0.4, 0.5) is 0 Å². The van der Waals surface area contributed by atoms with Crippen LogP contribution >= 0.6 is 0 Å². The number of carboxylic acid groups (broad SMARTS) is 1. The highest BCUT2D eigenvalue weighted by Gasteiger charge is 2.15. The Morgan fingerprint density at radius 2 is 1.80 bits per heavy atom. The number of ether oxygens (including phenoxy) is 1. The Kier molecular flexibility index (Phi) is 6.16. The molecule has 112 valence electrons. The molecule has 5 nitrogen and oxygen atoms in total. The molecule has 0 unspecified atom stereocenters. The number of aromatic carboxylic acids is 1. The fourth-order valence-electron chi connectivity index (χ4n) is 1.51. The highest BCUT2D eigenvalue weighted by atomic mass is 32.2. The second-order valence-electron chi connectivity index (χ2n) is 4.94. The van der Waals surface area contributed by atoms with Crippen molar-refractivity contribution in [1.29, 1.82) is 0 Å². The average molecular weight is 300 g/mol. The van der Waals surface area contributed by atoms with Crippen molar-refractivity contribution in [2.75, 3.05) is 19.0 Å². The summed E-state index contributed by atoms with van der Waals surface area (Å²) in [5.74, 6) is -0.654. The minimum absolute atomic E-state index is 0.0668. The molecule has 6 heteroatoms. The predicted molar refractivity (Wildman–Crippen MR) is 75.7 cm³/mol. The van der Waals surface area contributed by atoms with Gasteiger partial charge in [-0.15, -0.1) is 0 Å². The van der Waals surface area contributed by atoms with E-state index in [0.29, 0.717) is 12.5 Å². The Balaban J connectivity index is 2.54. The SMILES string of the molecule is CC(C)CCOCCS(=O)(=O)c1ccc(C(=O)O)cc1. The second kappa shape index (κ2) is 7.40. The quantitative estimate of drug-likeness (QED) is 0.745. The molecule has 1 aromatic rings. The molecule has 0 amide bonds. The van der Waals surface area contributed by atoms with Gasteiger partial charge in [0.05, 0.1) is 22.8 Å². The van der Waals surface area contributed by atoms with E-state index in [1.807, 2.05) is 0 Å². The molecule has 0 saturated heterocycles. The van der Waals surface area contributed by atoms with Crippen molar-refractivity contribution in [2.24, 2.45) is 5.92 Å². The summed E-state index contributed by atoms with van der Waals surface area (Å²) in [7, 11) is -3.42. The Bertz CT molecular complexity index is 531. The van der Waals surface area contributed by atoms with Crippen molar-refractivity contribution >= 4 is 15.8 Å². The summed E-state index contributed by atoms with van der Waals surface area (Å²) in [6.45, 7) is 4.84. The minimum atomic E-state index is -3.42. The van der Waals surface area contributed by atoms with Gasteiger partial charge >= 0.3 is 5.97 Å². The van der Waals surface area contributed by atoms with Crippen LogP contribution in [0.15, 0.2) is 29.2 Å². The van der Waals surface area contributed by atoms with E-state index in [4.69, 9.17) is 9.84 Å². The van der Waals surface area contributed by atoms with E-state index in [9.17, 15) is 13.2 Å². The molecule has 0 heterocycles. The van der Waals surface area contributed by atoms with Crippen molar-refractivity contribution in [3.63, 3.8) is 0 Å². The lowest BCUT2D eigenvalue weighted by Crippen LogP contribution is -2.13. The summed E-state index contributed by atoms with van der Waals surface area (Å²) in [4.78, 5) is 10.8. The zero-order chi connectivity index (χ0) is 15.2. The van der Waals surface area contributed by atoms with Gasteiger partial charge in [-0.3, -0.25) is 0 Å². The minimum Gasteiger partial charge on any atom is -0.478 e. The molecule has 0 aromatic heterocycles. The molecule has 0 spiro atoms. The maximum atomic E-state index is 12.0. The van der Waals surface area contributed by atoms with Crippen LogP contribution in [0, 0.1) is 5.92 Å². The van der Waals surface area contributed by atoms with Gasteiger partial charge < -0.3 is 9.84 Å². The van der Waals surface area contributed by atoms with Crippen molar-refractivity contribution in [1.82, 2.24) is 0 Å². The summed E-state index contributed by atoms with van der Waals surface area (Å²) < 4.78 is 29.3. The van der Waals surface area contributed by atoms with Gasteiger partial charge in [0.1, 0.15) is 0 Å². The highest BCUT2D eigenvalue weighted by molar-refractivity contribution is 7.91. The fraction of sp³-hybridized carbons (Fsp3) is 0.500. The van der Waals surface area contributed by atoms with E-state index in [1.165, 1.54) is 24.3 Å². The van der Waals surface area contributed by atoms with Crippen LogP contribution in [0.1, 0.15) is 30.6 Å². The first-order valence-corrected chi connectivity index (χ1v) is 8.12. The number of hydrogen-bond acceptors (Lipinski definition) is 4. The van der Waals surface area contributed by atoms with Crippen molar-refractivity contribution < 1.29 is 23.1 Å². The molecule has 1 rings (SSSR count). The summed E-state index contributed by atoms with van der Waals surface area (Å²) in [5.41, 5.74) is 0.0668. The largest absolute Gasteiger partial charge is 0.478 e. The maximum Gasteiger partial charge on any atom is 0.335 e. The van der Waals surface area contributed by atoms with Crippen LogP contribution in [0.25, 0.3) is 0 Å². The summed E-state index contributed by atoms with van der Waals surface area (Å²) in [6.07, 6.45) is 0.896. The van der Waals surface area contributed by atoms with Crippen molar-refractivity contribution in [3.8, 4) is 0 Å². The molecule has 0 radical (unpaired) electrons.